The van der Waals surface area contributed by atoms with Gasteiger partial charge in [-0.05, 0) is 24.1 Å². The first-order chi connectivity index (χ1) is 13.8. The number of morpholine rings is 1. The lowest BCUT2D eigenvalue weighted by Gasteiger charge is -2.35. The van der Waals surface area contributed by atoms with Gasteiger partial charge in [-0.15, -0.1) is 0 Å². The van der Waals surface area contributed by atoms with Crippen molar-refractivity contribution in [3.63, 3.8) is 0 Å². The lowest BCUT2D eigenvalue weighted by atomic mass is 10.1. The molecule has 2 atom stereocenters. The Bertz CT molecular complexity index is 947. The number of halogens is 1. The maximum absolute atomic E-state index is 13.1. The summed E-state index contributed by atoms with van der Waals surface area (Å²) >= 11 is 3.41. The summed E-state index contributed by atoms with van der Waals surface area (Å²) in [5, 5.41) is 5.52. The van der Waals surface area contributed by atoms with E-state index < -0.39 is 15.9 Å². The summed E-state index contributed by atoms with van der Waals surface area (Å²) in [6.07, 6.45) is 0.584. The minimum atomic E-state index is -3.15. The SMILES string of the molecule is O=C(C1=NN(C2CCS(=O)(=O)C2)C(=O)CC1)N1CCOC(c2ccc(Br)cc2)C1. The van der Waals surface area contributed by atoms with E-state index in [4.69, 9.17) is 4.74 Å². The number of carbonyl (C=O) groups is 2. The molecule has 2 amide bonds. The Kier molecular flexibility index (Phi) is 5.76. The summed E-state index contributed by atoms with van der Waals surface area (Å²) in [6, 6.07) is 7.31. The molecule has 0 saturated carbocycles. The first kappa shape index (κ1) is 20.5. The van der Waals surface area contributed by atoms with Crippen LogP contribution < -0.4 is 0 Å². The van der Waals surface area contributed by atoms with Crippen molar-refractivity contribution in [1.29, 1.82) is 0 Å². The molecule has 1 aromatic rings. The van der Waals surface area contributed by atoms with Crippen LogP contribution in [0, 0.1) is 0 Å². The zero-order valence-electron chi connectivity index (χ0n) is 15.8. The van der Waals surface area contributed by atoms with Crippen LogP contribution in [0.15, 0.2) is 33.8 Å². The van der Waals surface area contributed by atoms with Gasteiger partial charge in [0.2, 0.25) is 5.91 Å². The number of carbonyl (C=O) groups excluding carboxylic acids is 2. The molecule has 2 saturated heterocycles. The monoisotopic (exact) mass is 483 g/mol. The topological polar surface area (TPSA) is 96.3 Å². The predicted molar refractivity (Wildman–Crippen MR) is 110 cm³/mol. The van der Waals surface area contributed by atoms with E-state index in [1.54, 1.807) is 4.90 Å². The molecule has 3 heterocycles. The fraction of sp³-hybridized carbons (Fsp3) is 0.526. The molecule has 8 nitrogen and oxygen atoms in total. The maximum Gasteiger partial charge on any atom is 0.270 e. The van der Waals surface area contributed by atoms with Crippen LogP contribution in [0.25, 0.3) is 0 Å². The van der Waals surface area contributed by atoms with Gasteiger partial charge < -0.3 is 9.64 Å². The number of ether oxygens (including phenoxy) is 1. The van der Waals surface area contributed by atoms with Crippen molar-refractivity contribution in [1.82, 2.24) is 9.91 Å². The molecule has 10 heteroatoms. The Labute approximate surface area is 177 Å². The zero-order chi connectivity index (χ0) is 20.6. The highest BCUT2D eigenvalue weighted by Crippen LogP contribution is 2.26. The number of hydrazone groups is 1. The second-order valence-electron chi connectivity index (χ2n) is 7.50. The number of sulfone groups is 1. The van der Waals surface area contributed by atoms with Crippen LogP contribution in [0.1, 0.15) is 30.9 Å². The largest absolute Gasteiger partial charge is 0.370 e. The van der Waals surface area contributed by atoms with Gasteiger partial charge in [0.25, 0.3) is 5.91 Å². The van der Waals surface area contributed by atoms with Gasteiger partial charge >= 0.3 is 0 Å². The van der Waals surface area contributed by atoms with Gasteiger partial charge in [0.05, 0.1) is 30.7 Å². The average Bonchev–Trinajstić information content (AvgIpc) is 3.08. The lowest BCUT2D eigenvalue weighted by molar-refractivity contribution is -0.135. The third-order valence-corrected chi connectivity index (χ3v) is 7.74. The van der Waals surface area contributed by atoms with Crippen molar-refractivity contribution < 1.29 is 22.7 Å². The normalized spacial score (nSPS) is 27.1. The number of rotatable bonds is 3. The van der Waals surface area contributed by atoms with Crippen molar-refractivity contribution in [2.45, 2.75) is 31.4 Å². The molecule has 3 aliphatic rings. The first-order valence-corrected chi connectivity index (χ1v) is 12.2. The third-order valence-electron chi connectivity index (χ3n) is 5.46. The Morgan fingerprint density at radius 1 is 1.21 bits per heavy atom. The Morgan fingerprint density at radius 2 is 1.97 bits per heavy atom. The van der Waals surface area contributed by atoms with Crippen molar-refractivity contribution in [3.05, 3.63) is 34.3 Å². The van der Waals surface area contributed by atoms with Crippen LogP contribution in [-0.2, 0) is 24.2 Å². The maximum atomic E-state index is 13.1. The van der Waals surface area contributed by atoms with Crippen molar-refractivity contribution >= 4 is 43.3 Å². The van der Waals surface area contributed by atoms with Gasteiger partial charge in [0.1, 0.15) is 11.8 Å². The Balaban J connectivity index is 1.48. The number of nitrogens with zero attached hydrogens (tertiary/aromatic N) is 3. The van der Waals surface area contributed by atoms with Crippen LogP contribution in [-0.4, -0.2) is 73.1 Å². The Morgan fingerprint density at radius 3 is 2.66 bits per heavy atom. The molecule has 0 spiro atoms. The smallest absolute Gasteiger partial charge is 0.270 e. The first-order valence-electron chi connectivity index (χ1n) is 9.59. The molecule has 29 heavy (non-hydrogen) atoms. The summed E-state index contributed by atoms with van der Waals surface area (Å²) < 4.78 is 30.3. The highest BCUT2D eigenvalue weighted by Gasteiger charge is 2.38. The van der Waals surface area contributed by atoms with Crippen LogP contribution in [0.3, 0.4) is 0 Å². The molecular formula is C19H22BrN3O5S. The fourth-order valence-corrected chi connectivity index (χ4v) is 5.83. The zero-order valence-corrected chi connectivity index (χ0v) is 18.2. The molecule has 3 aliphatic heterocycles. The van der Waals surface area contributed by atoms with Crippen LogP contribution in [0.2, 0.25) is 0 Å². The van der Waals surface area contributed by atoms with E-state index in [2.05, 4.69) is 21.0 Å². The number of hydrogen-bond acceptors (Lipinski definition) is 6. The summed E-state index contributed by atoms with van der Waals surface area (Å²) in [4.78, 5) is 27.0. The molecule has 0 bridgehead atoms. The average molecular weight is 484 g/mol. The van der Waals surface area contributed by atoms with Crippen molar-refractivity contribution in [2.24, 2.45) is 5.10 Å². The van der Waals surface area contributed by atoms with E-state index >= 15 is 0 Å². The molecule has 0 radical (unpaired) electrons. The minimum Gasteiger partial charge on any atom is -0.370 e. The molecule has 0 N–H and O–H groups in total. The summed E-state index contributed by atoms with van der Waals surface area (Å²) in [7, 11) is -3.15. The second kappa shape index (κ2) is 8.16. The molecule has 0 aromatic heterocycles. The van der Waals surface area contributed by atoms with Gasteiger partial charge in [-0.3, -0.25) is 9.59 Å². The summed E-state index contributed by atoms with van der Waals surface area (Å²) in [5.74, 6) is -0.474. The summed E-state index contributed by atoms with van der Waals surface area (Å²) in [5.41, 5.74) is 1.30. The lowest BCUT2D eigenvalue weighted by Crippen LogP contribution is -2.48. The molecule has 0 aliphatic carbocycles. The van der Waals surface area contributed by atoms with Crippen LogP contribution in [0.4, 0.5) is 0 Å². The molecular weight excluding hydrogens is 462 g/mol. The minimum absolute atomic E-state index is 0.0541. The van der Waals surface area contributed by atoms with Gasteiger partial charge in [0.15, 0.2) is 9.84 Å². The highest BCUT2D eigenvalue weighted by atomic mass is 79.9. The predicted octanol–water partition coefficient (Wildman–Crippen LogP) is 1.51. The van der Waals surface area contributed by atoms with E-state index in [0.717, 1.165) is 10.0 Å². The van der Waals surface area contributed by atoms with Gasteiger partial charge in [-0.1, -0.05) is 28.1 Å². The molecule has 2 fully saturated rings. The molecule has 4 rings (SSSR count). The number of amides is 2. The number of benzene rings is 1. The Hall–Kier alpha value is -1.78. The molecule has 1 aromatic carbocycles. The van der Waals surface area contributed by atoms with Crippen LogP contribution >= 0.6 is 15.9 Å². The highest BCUT2D eigenvalue weighted by molar-refractivity contribution is 9.10. The van der Waals surface area contributed by atoms with Gasteiger partial charge in [-0.25, -0.2) is 13.4 Å². The van der Waals surface area contributed by atoms with Gasteiger partial charge in [-0.2, -0.15) is 5.10 Å². The standard InChI is InChI=1S/C19H22BrN3O5S/c20-14-3-1-13(2-4-14)17-11-22(8-9-28-17)19(25)16-5-6-18(24)23(21-16)15-7-10-29(26,27)12-15/h1-4,15,17H,5-12H2. The van der Waals surface area contributed by atoms with E-state index in [1.165, 1.54) is 5.01 Å². The van der Waals surface area contributed by atoms with Crippen LogP contribution in [0.5, 0.6) is 0 Å². The fourth-order valence-electron chi connectivity index (χ4n) is 3.87. The third kappa shape index (κ3) is 4.54. The van der Waals surface area contributed by atoms with Gasteiger partial charge in [0, 0.05) is 23.9 Å². The van der Waals surface area contributed by atoms with Crippen molar-refractivity contribution in [3.8, 4) is 0 Å². The van der Waals surface area contributed by atoms with Crippen molar-refractivity contribution in [2.75, 3.05) is 31.2 Å². The summed E-state index contributed by atoms with van der Waals surface area (Å²) in [6.45, 7) is 1.28. The van der Waals surface area contributed by atoms with E-state index in [-0.39, 0.29) is 42.3 Å². The molecule has 156 valence electrons. The van der Waals surface area contributed by atoms with E-state index in [1.807, 2.05) is 24.3 Å². The molecule has 2 unspecified atom stereocenters. The van der Waals surface area contributed by atoms with E-state index in [0.29, 0.717) is 31.8 Å². The second-order valence-corrected chi connectivity index (χ2v) is 10.6. The van der Waals surface area contributed by atoms with E-state index in [9.17, 15) is 18.0 Å². The quantitative estimate of drug-likeness (QED) is 0.648. The number of hydrogen-bond donors (Lipinski definition) is 0.